The van der Waals surface area contributed by atoms with Gasteiger partial charge in [-0.1, -0.05) is 12.8 Å². The fraction of sp³-hybridized carbons (Fsp3) is 0.818. The zero-order valence-corrected chi connectivity index (χ0v) is 9.61. The van der Waals surface area contributed by atoms with E-state index in [9.17, 15) is 0 Å². The third-order valence-electron chi connectivity index (χ3n) is 3.25. The second-order valence-electron chi connectivity index (χ2n) is 4.96. The monoisotopic (exact) mass is 208 g/mol. The molecule has 0 atom stereocenters. The first-order valence-electron chi connectivity index (χ1n) is 5.78. The molecule has 1 heterocycles. The zero-order valence-electron chi connectivity index (χ0n) is 9.61. The van der Waals surface area contributed by atoms with Gasteiger partial charge in [-0.25, -0.2) is 9.67 Å². The van der Waals surface area contributed by atoms with Crippen molar-refractivity contribution in [2.75, 3.05) is 0 Å². The van der Waals surface area contributed by atoms with Gasteiger partial charge in [-0.3, -0.25) is 0 Å². The molecule has 0 bridgehead atoms. The van der Waals surface area contributed by atoms with E-state index >= 15 is 0 Å². The van der Waals surface area contributed by atoms with E-state index in [0.29, 0.717) is 6.04 Å². The van der Waals surface area contributed by atoms with Gasteiger partial charge in [-0.2, -0.15) is 5.10 Å². The van der Waals surface area contributed by atoms with E-state index in [4.69, 9.17) is 5.73 Å². The van der Waals surface area contributed by atoms with Crippen LogP contribution in [0.15, 0.2) is 6.33 Å². The molecule has 2 N–H and O–H groups in total. The highest BCUT2D eigenvalue weighted by molar-refractivity contribution is 5.00. The predicted molar refractivity (Wildman–Crippen MR) is 59.5 cm³/mol. The van der Waals surface area contributed by atoms with Gasteiger partial charge in [-0.05, 0) is 26.7 Å². The molecule has 15 heavy (non-hydrogen) atoms. The molecular formula is C11H20N4. The molecule has 2 rings (SSSR count). The van der Waals surface area contributed by atoms with Crippen LogP contribution in [0.2, 0.25) is 0 Å². The van der Waals surface area contributed by atoms with Crippen LogP contribution in [-0.2, 0) is 6.42 Å². The second kappa shape index (κ2) is 3.93. The Balaban J connectivity index is 2.13. The summed E-state index contributed by atoms with van der Waals surface area (Å²) in [7, 11) is 0. The van der Waals surface area contributed by atoms with Gasteiger partial charge >= 0.3 is 0 Å². The fourth-order valence-corrected chi connectivity index (χ4v) is 2.40. The van der Waals surface area contributed by atoms with Crippen molar-refractivity contribution >= 4 is 0 Å². The molecule has 1 fully saturated rings. The number of rotatable bonds is 3. The largest absolute Gasteiger partial charge is 0.325 e. The van der Waals surface area contributed by atoms with Crippen LogP contribution in [0.1, 0.15) is 51.4 Å². The second-order valence-corrected chi connectivity index (χ2v) is 4.96. The number of hydrogen-bond acceptors (Lipinski definition) is 3. The molecule has 0 unspecified atom stereocenters. The lowest BCUT2D eigenvalue weighted by atomic mass is 9.94. The summed E-state index contributed by atoms with van der Waals surface area (Å²) in [6.45, 7) is 4.24. The standard InChI is InChI=1S/C11H20N4/c1-9(2)15-10(13-8-14-15)7-11(12)5-3-4-6-11/h8-9H,3-7,12H2,1-2H3. The Labute approximate surface area is 90.9 Å². The fourth-order valence-electron chi connectivity index (χ4n) is 2.40. The average molecular weight is 208 g/mol. The molecule has 1 aliphatic carbocycles. The molecule has 1 aliphatic rings. The Kier molecular flexibility index (Phi) is 2.78. The van der Waals surface area contributed by atoms with E-state index in [0.717, 1.165) is 25.1 Å². The minimum atomic E-state index is -0.0281. The molecule has 0 aliphatic heterocycles. The maximum atomic E-state index is 6.34. The van der Waals surface area contributed by atoms with E-state index in [2.05, 4.69) is 23.9 Å². The van der Waals surface area contributed by atoms with Crippen molar-refractivity contribution in [3.05, 3.63) is 12.2 Å². The summed E-state index contributed by atoms with van der Waals surface area (Å²) < 4.78 is 1.98. The quantitative estimate of drug-likeness (QED) is 0.822. The van der Waals surface area contributed by atoms with Crippen LogP contribution in [0.25, 0.3) is 0 Å². The van der Waals surface area contributed by atoms with Crippen molar-refractivity contribution < 1.29 is 0 Å². The minimum absolute atomic E-state index is 0.0281. The molecule has 0 saturated heterocycles. The van der Waals surface area contributed by atoms with Gasteiger partial charge in [0, 0.05) is 18.0 Å². The first-order chi connectivity index (χ1) is 7.11. The molecule has 4 nitrogen and oxygen atoms in total. The molecule has 1 aromatic rings. The normalized spacial score (nSPS) is 20.0. The van der Waals surface area contributed by atoms with Crippen molar-refractivity contribution in [1.82, 2.24) is 14.8 Å². The number of hydrogen-bond donors (Lipinski definition) is 1. The Morgan fingerprint density at radius 1 is 1.47 bits per heavy atom. The van der Waals surface area contributed by atoms with E-state index in [1.54, 1.807) is 6.33 Å². The molecule has 0 radical (unpaired) electrons. The summed E-state index contributed by atoms with van der Waals surface area (Å²) in [5.74, 6) is 1.04. The Hall–Kier alpha value is -0.900. The van der Waals surface area contributed by atoms with E-state index in [1.807, 2.05) is 4.68 Å². The van der Waals surface area contributed by atoms with Crippen molar-refractivity contribution in [1.29, 1.82) is 0 Å². The predicted octanol–water partition coefficient (Wildman–Crippen LogP) is 1.67. The third kappa shape index (κ3) is 2.20. The van der Waals surface area contributed by atoms with Crippen molar-refractivity contribution in [3.63, 3.8) is 0 Å². The van der Waals surface area contributed by atoms with Gasteiger partial charge in [0.15, 0.2) is 0 Å². The summed E-state index contributed by atoms with van der Waals surface area (Å²) in [4.78, 5) is 4.32. The van der Waals surface area contributed by atoms with Gasteiger partial charge in [0.05, 0.1) is 0 Å². The minimum Gasteiger partial charge on any atom is -0.325 e. The SMILES string of the molecule is CC(C)n1ncnc1CC1(N)CCCC1. The summed E-state index contributed by atoms with van der Waals surface area (Å²) in [5, 5.41) is 4.24. The maximum Gasteiger partial charge on any atom is 0.138 e. The highest BCUT2D eigenvalue weighted by Gasteiger charge is 2.31. The van der Waals surface area contributed by atoms with Gasteiger partial charge in [-0.15, -0.1) is 0 Å². The van der Waals surface area contributed by atoms with Crippen molar-refractivity contribution in [2.24, 2.45) is 5.73 Å². The van der Waals surface area contributed by atoms with Gasteiger partial charge in [0.1, 0.15) is 12.2 Å². The Morgan fingerprint density at radius 2 is 2.13 bits per heavy atom. The average Bonchev–Trinajstić information content (AvgIpc) is 2.75. The lowest BCUT2D eigenvalue weighted by Crippen LogP contribution is -2.39. The van der Waals surface area contributed by atoms with E-state index in [1.165, 1.54) is 12.8 Å². The zero-order chi connectivity index (χ0) is 10.9. The van der Waals surface area contributed by atoms with Gasteiger partial charge < -0.3 is 5.73 Å². The van der Waals surface area contributed by atoms with Crippen LogP contribution in [-0.4, -0.2) is 20.3 Å². The number of nitrogens with zero attached hydrogens (tertiary/aromatic N) is 3. The van der Waals surface area contributed by atoms with Gasteiger partial charge in [0.2, 0.25) is 0 Å². The molecule has 1 aromatic heterocycles. The topological polar surface area (TPSA) is 56.7 Å². The Bertz CT molecular complexity index is 323. The number of nitrogens with two attached hydrogens (primary N) is 1. The molecule has 0 aromatic carbocycles. The van der Waals surface area contributed by atoms with Gasteiger partial charge in [0.25, 0.3) is 0 Å². The lowest BCUT2D eigenvalue weighted by molar-refractivity contribution is 0.401. The van der Waals surface area contributed by atoms with Crippen LogP contribution < -0.4 is 5.73 Å². The third-order valence-corrected chi connectivity index (χ3v) is 3.25. The van der Waals surface area contributed by atoms with Crippen LogP contribution in [0.3, 0.4) is 0 Å². The molecule has 1 saturated carbocycles. The van der Waals surface area contributed by atoms with Crippen LogP contribution in [0, 0.1) is 0 Å². The van der Waals surface area contributed by atoms with Crippen molar-refractivity contribution in [2.45, 2.75) is 57.5 Å². The molecular weight excluding hydrogens is 188 g/mol. The molecule has 84 valence electrons. The first-order valence-corrected chi connectivity index (χ1v) is 5.78. The summed E-state index contributed by atoms with van der Waals surface area (Å²) >= 11 is 0. The van der Waals surface area contributed by atoms with E-state index in [-0.39, 0.29) is 5.54 Å². The highest BCUT2D eigenvalue weighted by atomic mass is 15.3. The molecule has 0 spiro atoms. The smallest absolute Gasteiger partial charge is 0.138 e. The lowest BCUT2D eigenvalue weighted by Gasteiger charge is -2.23. The first kappa shape index (κ1) is 10.6. The molecule has 4 heteroatoms. The maximum absolute atomic E-state index is 6.34. The van der Waals surface area contributed by atoms with Crippen LogP contribution in [0.5, 0.6) is 0 Å². The summed E-state index contributed by atoms with van der Waals surface area (Å²) in [6.07, 6.45) is 7.26. The highest BCUT2D eigenvalue weighted by Crippen LogP contribution is 2.30. The van der Waals surface area contributed by atoms with E-state index < -0.39 is 0 Å². The number of aromatic nitrogens is 3. The van der Waals surface area contributed by atoms with Crippen LogP contribution >= 0.6 is 0 Å². The summed E-state index contributed by atoms with van der Waals surface area (Å²) in [6, 6.07) is 0.368. The Morgan fingerprint density at radius 3 is 2.73 bits per heavy atom. The van der Waals surface area contributed by atoms with Crippen molar-refractivity contribution in [3.8, 4) is 0 Å². The summed E-state index contributed by atoms with van der Waals surface area (Å²) in [5.41, 5.74) is 6.31. The molecule has 0 amide bonds. The van der Waals surface area contributed by atoms with Crippen LogP contribution in [0.4, 0.5) is 0 Å².